The summed E-state index contributed by atoms with van der Waals surface area (Å²) in [6.07, 6.45) is 7.58. The summed E-state index contributed by atoms with van der Waals surface area (Å²) in [6, 6.07) is 9.16. The van der Waals surface area contributed by atoms with Crippen molar-refractivity contribution in [3.05, 3.63) is 51.5 Å². The highest BCUT2D eigenvalue weighted by molar-refractivity contribution is 7.19. The van der Waals surface area contributed by atoms with Crippen molar-refractivity contribution in [2.75, 3.05) is 0 Å². The number of rotatable bonds is 1. The molecule has 0 radical (unpaired) electrons. The Morgan fingerprint density at radius 3 is 2.62 bits per heavy atom. The van der Waals surface area contributed by atoms with Gasteiger partial charge >= 0.3 is 0 Å². The molecule has 1 nitrogen and oxygen atoms in total. The Labute approximate surface area is 147 Å². The minimum absolute atomic E-state index is 0.597. The van der Waals surface area contributed by atoms with Crippen molar-refractivity contribution >= 4 is 21.6 Å². The van der Waals surface area contributed by atoms with Crippen LogP contribution < -0.4 is 0 Å². The standard InChI is InChI=1S/C22H23NS/c1-13-9-11-15(12-10-13)19-17-7-3-5-14(2)21(17)23-22-20(19)16-6-4-8-18(16)24-22/h9-12,14H,3-8H2,1-2H3/t14-/m1/s1. The van der Waals surface area contributed by atoms with E-state index in [2.05, 4.69) is 38.1 Å². The molecule has 0 saturated carbocycles. The molecule has 3 aromatic rings. The van der Waals surface area contributed by atoms with E-state index in [9.17, 15) is 0 Å². The maximum absolute atomic E-state index is 5.18. The van der Waals surface area contributed by atoms with Crippen LogP contribution in [0.3, 0.4) is 0 Å². The second-order valence-electron chi connectivity index (χ2n) is 7.55. The van der Waals surface area contributed by atoms with E-state index >= 15 is 0 Å². The van der Waals surface area contributed by atoms with Gasteiger partial charge in [-0.3, -0.25) is 0 Å². The lowest BCUT2D eigenvalue weighted by Crippen LogP contribution is -2.11. The number of pyridine rings is 1. The molecule has 2 heteroatoms. The molecule has 2 aromatic heterocycles. The molecule has 0 unspecified atom stereocenters. The van der Waals surface area contributed by atoms with Crippen molar-refractivity contribution in [1.82, 2.24) is 4.98 Å². The molecular weight excluding hydrogens is 310 g/mol. The van der Waals surface area contributed by atoms with E-state index in [-0.39, 0.29) is 0 Å². The van der Waals surface area contributed by atoms with Gasteiger partial charge in [0.05, 0.1) is 0 Å². The average molecular weight is 334 g/mol. The maximum Gasteiger partial charge on any atom is 0.124 e. The number of thiophene rings is 1. The van der Waals surface area contributed by atoms with Gasteiger partial charge in [0.1, 0.15) is 4.83 Å². The number of hydrogen-bond donors (Lipinski definition) is 0. The molecule has 0 aliphatic heterocycles. The van der Waals surface area contributed by atoms with Gasteiger partial charge in [0.15, 0.2) is 0 Å². The van der Waals surface area contributed by atoms with E-state index in [0.717, 1.165) is 0 Å². The predicted octanol–water partition coefficient (Wildman–Crippen LogP) is 6.20. The van der Waals surface area contributed by atoms with Gasteiger partial charge < -0.3 is 0 Å². The average Bonchev–Trinajstić information content (AvgIpc) is 3.15. The third kappa shape index (κ3) is 2.09. The minimum Gasteiger partial charge on any atom is -0.241 e. The summed E-state index contributed by atoms with van der Waals surface area (Å²) in [5.41, 5.74) is 8.77. The fourth-order valence-electron chi connectivity index (χ4n) is 4.60. The Kier molecular flexibility index (Phi) is 3.31. The molecule has 24 heavy (non-hydrogen) atoms. The van der Waals surface area contributed by atoms with Crippen LogP contribution in [0.2, 0.25) is 0 Å². The first-order valence-corrected chi connectivity index (χ1v) is 10.1. The Balaban J connectivity index is 1.89. The lowest BCUT2D eigenvalue weighted by atomic mass is 9.82. The van der Waals surface area contributed by atoms with Crippen LogP contribution in [0.25, 0.3) is 21.3 Å². The van der Waals surface area contributed by atoms with E-state index in [1.807, 2.05) is 11.3 Å². The zero-order chi connectivity index (χ0) is 16.3. The van der Waals surface area contributed by atoms with Crippen molar-refractivity contribution in [3.63, 3.8) is 0 Å². The smallest absolute Gasteiger partial charge is 0.124 e. The van der Waals surface area contributed by atoms with Gasteiger partial charge in [-0.05, 0) is 73.6 Å². The molecule has 2 aliphatic rings. The van der Waals surface area contributed by atoms with Crippen LogP contribution in [0.15, 0.2) is 24.3 Å². The molecular formula is C22H23NS. The summed E-state index contributed by atoms with van der Waals surface area (Å²) >= 11 is 1.96. The van der Waals surface area contributed by atoms with Crippen molar-refractivity contribution in [2.45, 2.75) is 58.3 Å². The minimum atomic E-state index is 0.597. The molecule has 122 valence electrons. The summed E-state index contributed by atoms with van der Waals surface area (Å²) in [6.45, 7) is 4.53. The largest absolute Gasteiger partial charge is 0.241 e. The summed E-state index contributed by atoms with van der Waals surface area (Å²) in [7, 11) is 0. The SMILES string of the molecule is Cc1ccc(-c2c3c(nc4sc5c(c24)CCC5)[C@H](C)CCC3)cc1. The maximum atomic E-state index is 5.18. The molecule has 1 aromatic carbocycles. The van der Waals surface area contributed by atoms with Crippen molar-refractivity contribution in [1.29, 1.82) is 0 Å². The van der Waals surface area contributed by atoms with Crippen molar-refractivity contribution < 1.29 is 0 Å². The normalized spacial score (nSPS) is 19.5. The van der Waals surface area contributed by atoms with Crippen LogP contribution in [0, 0.1) is 6.92 Å². The topological polar surface area (TPSA) is 12.9 Å². The number of benzene rings is 1. The second kappa shape index (κ2) is 5.42. The van der Waals surface area contributed by atoms with E-state index < -0.39 is 0 Å². The van der Waals surface area contributed by atoms with Crippen molar-refractivity contribution in [2.24, 2.45) is 0 Å². The zero-order valence-electron chi connectivity index (χ0n) is 14.5. The molecule has 0 amide bonds. The number of aryl methyl sites for hydroxylation is 3. The van der Waals surface area contributed by atoms with Crippen LogP contribution >= 0.6 is 11.3 Å². The summed E-state index contributed by atoms with van der Waals surface area (Å²) in [5.74, 6) is 0.597. The Morgan fingerprint density at radius 2 is 1.79 bits per heavy atom. The molecule has 0 N–H and O–H groups in total. The first-order chi connectivity index (χ1) is 11.7. The van der Waals surface area contributed by atoms with Gasteiger partial charge in [-0.1, -0.05) is 36.8 Å². The third-order valence-corrected chi connectivity index (χ3v) is 7.04. The first kappa shape index (κ1) is 14.7. The van der Waals surface area contributed by atoms with Crippen LogP contribution in [-0.4, -0.2) is 4.98 Å². The summed E-state index contributed by atoms with van der Waals surface area (Å²) < 4.78 is 0. The van der Waals surface area contributed by atoms with E-state index in [0.29, 0.717) is 5.92 Å². The monoisotopic (exact) mass is 333 g/mol. The summed E-state index contributed by atoms with van der Waals surface area (Å²) in [5, 5.41) is 1.49. The Hall–Kier alpha value is -1.67. The van der Waals surface area contributed by atoms with Crippen LogP contribution in [0.1, 0.15) is 59.4 Å². The highest BCUT2D eigenvalue weighted by Gasteiger charge is 2.28. The van der Waals surface area contributed by atoms with Gasteiger partial charge in [0.2, 0.25) is 0 Å². The summed E-state index contributed by atoms with van der Waals surface area (Å²) in [4.78, 5) is 8.07. The van der Waals surface area contributed by atoms with Gasteiger partial charge in [-0.2, -0.15) is 0 Å². The Morgan fingerprint density at radius 1 is 1.00 bits per heavy atom. The molecule has 2 heterocycles. The molecule has 0 spiro atoms. The predicted molar refractivity (Wildman–Crippen MR) is 103 cm³/mol. The number of hydrogen-bond acceptors (Lipinski definition) is 2. The van der Waals surface area contributed by atoms with Crippen LogP contribution in [0.5, 0.6) is 0 Å². The zero-order valence-corrected chi connectivity index (χ0v) is 15.3. The van der Waals surface area contributed by atoms with Crippen LogP contribution in [-0.2, 0) is 19.3 Å². The quantitative estimate of drug-likeness (QED) is 0.516. The number of aromatic nitrogens is 1. The second-order valence-corrected chi connectivity index (χ2v) is 8.63. The number of nitrogens with zero attached hydrogens (tertiary/aromatic N) is 1. The molecule has 2 aliphatic carbocycles. The van der Waals surface area contributed by atoms with Gasteiger partial charge in [-0.25, -0.2) is 4.98 Å². The molecule has 0 fully saturated rings. The fourth-order valence-corrected chi connectivity index (χ4v) is 5.88. The number of fused-ring (bicyclic) bond motifs is 4. The van der Waals surface area contributed by atoms with Gasteiger partial charge in [-0.15, -0.1) is 11.3 Å². The fraction of sp³-hybridized carbons (Fsp3) is 0.409. The Bertz CT molecular complexity index is 933. The van der Waals surface area contributed by atoms with Gasteiger partial charge in [0.25, 0.3) is 0 Å². The first-order valence-electron chi connectivity index (χ1n) is 9.26. The third-order valence-electron chi connectivity index (χ3n) is 5.86. The molecule has 0 bridgehead atoms. The van der Waals surface area contributed by atoms with Crippen molar-refractivity contribution in [3.8, 4) is 11.1 Å². The molecule has 0 saturated heterocycles. The molecule has 1 atom stereocenters. The van der Waals surface area contributed by atoms with Crippen LogP contribution in [0.4, 0.5) is 0 Å². The lowest BCUT2D eigenvalue weighted by molar-refractivity contribution is 0.577. The molecule has 5 rings (SSSR count). The van der Waals surface area contributed by atoms with E-state index in [4.69, 9.17) is 4.98 Å². The highest BCUT2D eigenvalue weighted by atomic mass is 32.1. The van der Waals surface area contributed by atoms with Gasteiger partial charge in [0, 0.05) is 16.0 Å². The van der Waals surface area contributed by atoms with E-state index in [1.165, 1.54) is 76.7 Å². The van der Waals surface area contributed by atoms with E-state index in [1.54, 1.807) is 10.4 Å². The lowest BCUT2D eigenvalue weighted by Gasteiger charge is -2.25. The highest BCUT2D eigenvalue weighted by Crippen LogP contribution is 2.46.